The molecule has 0 aromatic heterocycles. The summed E-state index contributed by atoms with van der Waals surface area (Å²) < 4.78 is 6.37. The molecule has 2 aliphatic heterocycles. The van der Waals surface area contributed by atoms with Crippen LogP contribution >= 0.6 is 0 Å². The summed E-state index contributed by atoms with van der Waals surface area (Å²) in [5, 5.41) is 30.4. The number of allylic oxidation sites excluding steroid dienone is 4. The number of aromatic hydroxyl groups is 1. The van der Waals surface area contributed by atoms with Crippen molar-refractivity contribution in [1.29, 1.82) is 0 Å². The van der Waals surface area contributed by atoms with Crippen molar-refractivity contribution in [3.8, 4) is 11.5 Å². The molecule has 3 rings (SSSR count). The molecule has 1 aromatic carbocycles. The molecule has 34 heavy (non-hydrogen) atoms. The third-order valence-corrected chi connectivity index (χ3v) is 6.81. The number of benzene rings is 1. The van der Waals surface area contributed by atoms with Crippen LogP contribution in [0.2, 0.25) is 0 Å². The van der Waals surface area contributed by atoms with Crippen LogP contribution in [0.3, 0.4) is 0 Å². The van der Waals surface area contributed by atoms with Crippen molar-refractivity contribution >= 4 is 11.9 Å². The number of hydrogen-bond donors (Lipinski definition) is 3. The van der Waals surface area contributed by atoms with Gasteiger partial charge in [0.05, 0.1) is 18.2 Å². The summed E-state index contributed by atoms with van der Waals surface area (Å²) in [4.78, 5) is 25.3. The second-order valence-electron chi connectivity index (χ2n) is 10.00. The minimum Gasteiger partial charge on any atom is -0.508 e. The zero-order valence-electron chi connectivity index (χ0n) is 20.7. The molecule has 0 fully saturated rings. The Morgan fingerprint density at radius 2 is 1.94 bits per heavy atom. The Balaban J connectivity index is 1.74. The lowest BCUT2D eigenvalue weighted by Gasteiger charge is -2.40. The molecule has 186 valence electrons. The fourth-order valence-corrected chi connectivity index (χ4v) is 4.66. The highest BCUT2D eigenvalue weighted by molar-refractivity contribution is 6.00. The van der Waals surface area contributed by atoms with Crippen molar-refractivity contribution in [3.63, 3.8) is 0 Å². The molecule has 3 N–H and O–H groups in total. The molecule has 0 bridgehead atoms. The van der Waals surface area contributed by atoms with Gasteiger partial charge in [-0.25, -0.2) is 0 Å². The van der Waals surface area contributed by atoms with E-state index >= 15 is 0 Å². The van der Waals surface area contributed by atoms with Crippen LogP contribution in [0.5, 0.6) is 11.5 Å². The Kier molecular flexibility index (Phi) is 8.08. The van der Waals surface area contributed by atoms with Crippen LogP contribution in [0.1, 0.15) is 87.7 Å². The summed E-state index contributed by atoms with van der Waals surface area (Å²) in [6.07, 6.45) is 7.60. The van der Waals surface area contributed by atoms with Gasteiger partial charge in [0.25, 0.3) is 5.91 Å². The van der Waals surface area contributed by atoms with Gasteiger partial charge in [0, 0.05) is 30.5 Å². The number of carbonyl (C=O) groups excluding carboxylic acids is 1. The van der Waals surface area contributed by atoms with E-state index in [-0.39, 0.29) is 24.5 Å². The van der Waals surface area contributed by atoms with Crippen molar-refractivity contribution in [3.05, 3.63) is 46.1 Å². The SMILES string of the molecule is CC(C)=CCCC(C)=CCC[C@]1(C)Oc2c(c(O)cc3c2CN(CCCC(=O)O)C3=O)C[C@@H]1O. The number of carboxylic acid groups (broad SMARTS) is 1. The third-order valence-electron chi connectivity index (χ3n) is 6.81. The zero-order valence-corrected chi connectivity index (χ0v) is 20.7. The molecule has 2 atom stereocenters. The molecule has 0 radical (unpaired) electrons. The van der Waals surface area contributed by atoms with Crippen LogP contribution in [0.15, 0.2) is 29.4 Å². The van der Waals surface area contributed by atoms with Crippen LogP contribution < -0.4 is 4.74 Å². The van der Waals surface area contributed by atoms with Gasteiger partial charge < -0.3 is 25.0 Å². The predicted molar refractivity (Wildman–Crippen MR) is 130 cm³/mol. The highest BCUT2D eigenvalue weighted by Crippen LogP contribution is 2.46. The van der Waals surface area contributed by atoms with E-state index in [2.05, 4.69) is 32.9 Å². The van der Waals surface area contributed by atoms with Crippen molar-refractivity contribution in [1.82, 2.24) is 4.90 Å². The van der Waals surface area contributed by atoms with Crippen molar-refractivity contribution in [2.24, 2.45) is 0 Å². The summed E-state index contributed by atoms with van der Waals surface area (Å²) in [7, 11) is 0. The topological polar surface area (TPSA) is 107 Å². The lowest BCUT2D eigenvalue weighted by molar-refractivity contribution is -0.137. The second-order valence-corrected chi connectivity index (χ2v) is 10.00. The van der Waals surface area contributed by atoms with Gasteiger partial charge in [-0.05, 0) is 65.9 Å². The van der Waals surface area contributed by atoms with Gasteiger partial charge in [-0.15, -0.1) is 0 Å². The van der Waals surface area contributed by atoms with E-state index in [1.54, 1.807) is 4.90 Å². The number of aliphatic hydroxyl groups is 1. The average molecular weight is 472 g/mol. The summed E-state index contributed by atoms with van der Waals surface area (Å²) in [6.45, 7) is 8.82. The molecule has 0 unspecified atom stereocenters. The number of carbonyl (C=O) groups is 2. The first-order valence-electron chi connectivity index (χ1n) is 12.1. The number of aliphatic carboxylic acids is 1. The van der Waals surface area contributed by atoms with E-state index in [0.29, 0.717) is 48.4 Å². The van der Waals surface area contributed by atoms with Gasteiger partial charge in [-0.3, -0.25) is 9.59 Å². The number of fused-ring (bicyclic) bond motifs is 3. The number of rotatable bonds is 10. The number of hydrogen-bond acceptors (Lipinski definition) is 5. The minimum absolute atomic E-state index is 0.00841. The Hall–Kier alpha value is -2.80. The summed E-state index contributed by atoms with van der Waals surface area (Å²) in [5.74, 6) is -0.690. The first kappa shape index (κ1) is 25.8. The second kappa shape index (κ2) is 10.6. The van der Waals surface area contributed by atoms with Gasteiger partial charge in [0.2, 0.25) is 0 Å². The fraction of sp³-hybridized carbons (Fsp3) is 0.556. The molecule has 2 aliphatic rings. The smallest absolute Gasteiger partial charge is 0.303 e. The van der Waals surface area contributed by atoms with Crippen LogP contribution in [-0.4, -0.2) is 50.3 Å². The quantitative estimate of drug-likeness (QED) is 0.426. The Labute approximate surface area is 201 Å². The number of carboxylic acids is 1. The maximum Gasteiger partial charge on any atom is 0.303 e. The van der Waals surface area contributed by atoms with Gasteiger partial charge in [-0.2, -0.15) is 0 Å². The highest BCUT2D eigenvalue weighted by Gasteiger charge is 2.44. The molecule has 7 nitrogen and oxygen atoms in total. The first-order valence-corrected chi connectivity index (χ1v) is 12.1. The standard InChI is InChI=1S/C27H37NO6/c1-17(2)8-5-9-18(3)10-6-12-27(4)23(30)15-20-22(29)14-19-21(25(20)34-27)16-28(26(19)33)13-7-11-24(31)32/h8,10,14,23,29-30H,5-7,9,11-13,15-16H2,1-4H3,(H,31,32)/t23-,27-/m0/s1. The van der Waals surface area contributed by atoms with Crippen LogP contribution in [0.4, 0.5) is 0 Å². The van der Waals surface area contributed by atoms with Crippen LogP contribution in [-0.2, 0) is 17.8 Å². The molecule has 7 heteroatoms. The van der Waals surface area contributed by atoms with E-state index in [0.717, 1.165) is 19.3 Å². The minimum atomic E-state index is -0.895. The molecule has 1 amide bonds. The van der Waals surface area contributed by atoms with Crippen molar-refractivity contribution in [2.75, 3.05) is 6.54 Å². The molecular weight excluding hydrogens is 434 g/mol. The monoisotopic (exact) mass is 471 g/mol. The number of amides is 1. The molecular formula is C27H37NO6. The van der Waals surface area contributed by atoms with Gasteiger partial charge >= 0.3 is 5.97 Å². The lowest BCUT2D eigenvalue weighted by Crippen LogP contribution is -2.49. The average Bonchev–Trinajstić information content (AvgIpc) is 3.05. The molecule has 0 saturated carbocycles. The summed E-state index contributed by atoms with van der Waals surface area (Å²) in [5.41, 5.74) is 3.39. The Morgan fingerprint density at radius 3 is 2.62 bits per heavy atom. The van der Waals surface area contributed by atoms with Gasteiger partial charge in [-0.1, -0.05) is 23.3 Å². The maximum atomic E-state index is 12.9. The molecule has 0 aliphatic carbocycles. The van der Waals surface area contributed by atoms with E-state index in [1.807, 2.05) is 6.92 Å². The van der Waals surface area contributed by atoms with E-state index < -0.39 is 17.7 Å². The number of ether oxygens (including phenoxy) is 1. The van der Waals surface area contributed by atoms with E-state index in [1.165, 1.54) is 17.2 Å². The largest absolute Gasteiger partial charge is 0.508 e. The number of nitrogens with zero attached hydrogens (tertiary/aromatic N) is 1. The number of phenolic OH excluding ortho intramolecular Hbond substituents is 1. The first-order chi connectivity index (χ1) is 16.0. The predicted octanol–water partition coefficient (Wildman–Crippen LogP) is 4.74. The number of phenols is 1. The van der Waals surface area contributed by atoms with E-state index in [9.17, 15) is 19.8 Å². The molecule has 0 spiro atoms. The Morgan fingerprint density at radius 1 is 1.21 bits per heavy atom. The zero-order chi connectivity index (χ0) is 25.0. The third kappa shape index (κ3) is 5.81. The van der Waals surface area contributed by atoms with Crippen molar-refractivity contribution < 1.29 is 29.6 Å². The molecule has 0 saturated heterocycles. The maximum absolute atomic E-state index is 12.9. The number of aliphatic hydroxyl groups excluding tert-OH is 1. The Bertz CT molecular complexity index is 1010. The summed E-state index contributed by atoms with van der Waals surface area (Å²) >= 11 is 0. The highest BCUT2D eigenvalue weighted by atomic mass is 16.5. The van der Waals surface area contributed by atoms with Gasteiger partial charge in [0.15, 0.2) is 0 Å². The molecule has 1 aromatic rings. The van der Waals surface area contributed by atoms with Crippen LogP contribution in [0.25, 0.3) is 0 Å². The van der Waals surface area contributed by atoms with Crippen molar-refractivity contribution in [2.45, 2.75) is 90.9 Å². The van der Waals surface area contributed by atoms with Gasteiger partial charge in [0.1, 0.15) is 17.1 Å². The van der Waals surface area contributed by atoms with Crippen LogP contribution in [0, 0.1) is 0 Å². The molecule has 2 heterocycles. The lowest BCUT2D eigenvalue weighted by atomic mass is 9.84. The summed E-state index contributed by atoms with van der Waals surface area (Å²) in [6, 6.07) is 1.45. The van der Waals surface area contributed by atoms with E-state index in [4.69, 9.17) is 9.84 Å². The normalized spacial score (nSPS) is 21.7. The fourth-order valence-electron chi connectivity index (χ4n) is 4.66.